The van der Waals surface area contributed by atoms with E-state index in [0.717, 1.165) is 17.7 Å². The van der Waals surface area contributed by atoms with Crippen LogP contribution in [0.2, 0.25) is 0 Å². The lowest BCUT2D eigenvalue weighted by atomic mass is 10.1. The molecule has 4 nitrogen and oxygen atoms in total. The fraction of sp³-hybridized carbons (Fsp3) is 0.316. The predicted octanol–water partition coefficient (Wildman–Crippen LogP) is 3.45. The third kappa shape index (κ3) is 5.02. The van der Waals surface area contributed by atoms with Gasteiger partial charge >= 0.3 is 0 Å². The maximum atomic E-state index is 12.3. The van der Waals surface area contributed by atoms with Crippen LogP contribution in [0.3, 0.4) is 0 Å². The third-order valence-electron chi connectivity index (χ3n) is 3.49. The molecule has 1 N–H and O–H groups in total. The quantitative estimate of drug-likeness (QED) is 0.851. The van der Waals surface area contributed by atoms with Gasteiger partial charge in [0.05, 0.1) is 13.7 Å². The first kappa shape index (κ1) is 16.9. The first-order valence-corrected chi connectivity index (χ1v) is 7.79. The van der Waals surface area contributed by atoms with Crippen molar-refractivity contribution in [1.29, 1.82) is 0 Å². The Morgan fingerprint density at radius 2 is 1.87 bits per heavy atom. The van der Waals surface area contributed by atoms with Crippen molar-refractivity contribution in [2.24, 2.45) is 0 Å². The Hall–Kier alpha value is -2.49. The molecule has 2 rings (SSSR count). The molecule has 0 saturated heterocycles. The Bertz CT molecular complexity index is 637. The smallest absolute Gasteiger partial charge is 0.251 e. The van der Waals surface area contributed by atoms with Crippen molar-refractivity contribution in [3.05, 3.63) is 59.7 Å². The van der Waals surface area contributed by atoms with Crippen LogP contribution in [0.4, 0.5) is 0 Å². The molecule has 1 atom stereocenters. The zero-order valence-corrected chi connectivity index (χ0v) is 13.8. The lowest BCUT2D eigenvalue weighted by Gasteiger charge is -2.15. The Labute approximate surface area is 137 Å². The van der Waals surface area contributed by atoms with Gasteiger partial charge in [-0.2, -0.15) is 0 Å². The standard InChI is InChI=1S/C19H23NO3/c1-4-23-18-7-5-6-16(13-18)19(21)20-14(2)12-15-8-10-17(22-3)11-9-15/h5-11,13-14H,4,12H2,1-3H3,(H,20,21)/t14-/m1/s1. The number of hydrogen-bond donors (Lipinski definition) is 1. The van der Waals surface area contributed by atoms with E-state index in [-0.39, 0.29) is 11.9 Å². The molecule has 0 aliphatic rings. The Kier molecular flexibility index (Phi) is 6.03. The molecule has 2 aromatic rings. The molecule has 0 spiro atoms. The van der Waals surface area contributed by atoms with Crippen molar-refractivity contribution in [2.45, 2.75) is 26.3 Å². The second-order valence-electron chi connectivity index (χ2n) is 5.39. The highest BCUT2D eigenvalue weighted by Gasteiger charge is 2.11. The average molecular weight is 313 g/mol. The predicted molar refractivity (Wildman–Crippen MR) is 91.2 cm³/mol. The van der Waals surface area contributed by atoms with Gasteiger partial charge in [-0.3, -0.25) is 4.79 Å². The van der Waals surface area contributed by atoms with Gasteiger partial charge in [0, 0.05) is 11.6 Å². The average Bonchev–Trinajstić information content (AvgIpc) is 2.56. The first-order valence-electron chi connectivity index (χ1n) is 7.79. The molecule has 4 heteroatoms. The van der Waals surface area contributed by atoms with E-state index in [2.05, 4.69) is 5.32 Å². The van der Waals surface area contributed by atoms with E-state index >= 15 is 0 Å². The van der Waals surface area contributed by atoms with Crippen molar-refractivity contribution >= 4 is 5.91 Å². The van der Waals surface area contributed by atoms with Gasteiger partial charge in [0.1, 0.15) is 11.5 Å². The SMILES string of the molecule is CCOc1cccc(C(=O)N[C@H](C)Cc2ccc(OC)cc2)c1. The maximum absolute atomic E-state index is 12.3. The number of ether oxygens (including phenoxy) is 2. The number of hydrogen-bond acceptors (Lipinski definition) is 3. The van der Waals surface area contributed by atoms with E-state index in [1.54, 1.807) is 19.2 Å². The molecular formula is C19H23NO3. The zero-order valence-electron chi connectivity index (χ0n) is 13.8. The molecule has 0 unspecified atom stereocenters. The number of methoxy groups -OCH3 is 1. The van der Waals surface area contributed by atoms with Gasteiger partial charge in [0.2, 0.25) is 0 Å². The van der Waals surface area contributed by atoms with E-state index in [0.29, 0.717) is 17.9 Å². The van der Waals surface area contributed by atoms with Crippen molar-refractivity contribution in [3.63, 3.8) is 0 Å². The van der Waals surface area contributed by atoms with E-state index < -0.39 is 0 Å². The normalized spacial score (nSPS) is 11.6. The second kappa shape index (κ2) is 8.22. The highest BCUT2D eigenvalue weighted by molar-refractivity contribution is 5.94. The third-order valence-corrected chi connectivity index (χ3v) is 3.49. The summed E-state index contributed by atoms with van der Waals surface area (Å²) in [5.74, 6) is 1.45. The van der Waals surface area contributed by atoms with Crippen LogP contribution in [-0.2, 0) is 6.42 Å². The summed E-state index contributed by atoms with van der Waals surface area (Å²) in [5, 5.41) is 3.02. The summed E-state index contributed by atoms with van der Waals surface area (Å²) < 4.78 is 10.6. The first-order chi connectivity index (χ1) is 11.1. The fourth-order valence-electron chi connectivity index (χ4n) is 2.37. The number of amides is 1. The summed E-state index contributed by atoms with van der Waals surface area (Å²) in [6, 6.07) is 15.1. The molecule has 0 aliphatic heterocycles. The van der Waals surface area contributed by atoms with Gasteiger partial charge in [-0.25, -0.2) is 0 Å². The summed E-state index contributed by atoms with van der Waals surface area (Å²) in [4.78, 5) is 12.3. The summed E-state index contributed by atoms with van der Waals surface area (Å²) in [7, 11) is 1.65. The fourth-order valence-corrected chi connectivity index (χ4v) is 2.37. The van der Waals surface area contributed by atoms with Gasteiger partial charge < -0.3 is 14.8 Å². The van der Waals surface area contributed by atoms with E-state index in [9.17, 15) is 4.79 Å². The molecular weight excluding hydrogens is 290 g/mol. The van der Waals surface area contributed by atoms with Crippen LogP contribution in [0.1, 0.15) is 29.8 Å². The maximum Gasteiger partial charge on any atom is 0.251 e. The molecule has 0 saturated carbocycles. The molecule has 0 fully saturated rings. The van der Waals surface area contributed by atoms with Gasteiger partial charge in [-0.1, -0.05) is 18.2 Å². The summed E-state index contributed by atoms with van der Waals surface area (Å²) in [6.45, 7) is 4.50. The topological polar surface area (TPSA) is 47.6 Å². The lowest BCUT2D eigenvalue weighted by Crippen LogP contribution is -2.34. The van der Waals surface area contributed by atoms with Gasteiger partial charge in [-0.15, -0.1) is 0 Å². The van der Waals surface area contributed by atoms with Crippen LogP contribution in [0.5, 0.6) is 11.5 Å². The number of carbonyl (C=O) groups is 1. The van der Waals surface area contributed by atoms with Crippen molar-refractivity contribution < 1.29 is 14.3 Å². The minimum Gasteiger partial charge on any atom is -0.497 e. The van der Waals surface area contributed by atoms with E-state index in [4.69, 9.17) is 9.47 Å². The molecule has 0 radical (unpaired) electrons. The van der Waals surface area contributed by atoms with Crippen LogP contribution >= 0.6 is 0 Å². The van der Waals surface area contributed by atoms with Crippen molar-refractivity contribution in [2.75, 3.05) is 13.7 Å². The summed E-state index contributed by atoms with van der Waals surface area (Å²) in [6.07, 6.45) is 0.765. The summed E-state index contributed by atoms with van der Waals surface area (Å²) in [5.41, 5.74) is 1.76. The lowest BCUT2D eigenvalue weighted by molar-refractivity contribution is 0.0939. The van der Waals surface area contributed by atoms with E-state index in [1.165, 1.54) is 0 Å². The van der Waals surface area contributed by atoms with Gasteiger partial charge in [-0.05, 0) is 56.2 Å². The minimum atomic E-state index is -0.0902. The molecule has 0 heterocycles. The van der Waals surface area contributed by atoms with Crippen molar-refractivity contribution in [3.8, 4) is 11.5 Å². The highest BCUT2D eigenvalue weighted by atomic mass is 16.5. The number of rotatable bonds is 7. The van der Waals surface area contributed by atoms with Crippen LogP contribution in [-0.4, -0.2) is 25.7 Å². The van der Waals surface area contributed by atoms with Crippen molar-refractivity contribution in [1.82, 2.24) is 5.32 Å². The zero-order chi connectivity index (χ0) is 16.7. The Morgan fingerprint density at radius 1 is 1.13 bits per heavy atom. The Balaban J connectivity index is 1.94. The molecule has 122 valence electrons. The summed E-state index contributed by atoms with van der Waals surface area (Å²) >= 11 is 0. The van der Waals surface area contributed by atoms with Crippen LogP contribution < -0.4 is 14.8 Å². The van der Waals surface area contributed by atoms with Gasteiger partial charge in [0.15, 0.2) is 0 Å². The van der Waals surface area contributed by atoms with Crippen LogP contribution in [0.15, 0.2) is 48.5 Å². The molecule has 0 aromatic heterocycles. The molecule has 1 amide bonds. The molecule has 0 bridgehead atoms. The largest absolute Gasteiger partial charge is 0.497 e. The van der Waals surface area contributed by atoms with E-state index in [1.807, 2.05) is 50.2 Å². The molecule has 2 aromatic carbocycles. The molecule has 23 heavy (non-hydrogen) atoms. The monoisotopic (exact) mass is 313 g/mol. The van der Waals surface area contributed by atoms with Gasteiger partial charge in [0.25, 0.3) is 5.91 Å². The van der Waals surface area contributed by atoms with Crippen LogP contribution in [0, 0.1) is 0 Å². The second-order valence-corrected chi connectivity index (χ2v) is 5.39. The number of benzene rings is 2. The highest BCUT2D eigenvalue weighted by Crippen LogP contribution is 2.15. The number of nitrogens with one attached hydrogen (secondary N) is 1. The minimum absolute atomic E-state index is 0.0339. The number of carbonyl (C=O) groups excluding carboxylic acids is 1. The molecule has 0 aliphatic carbocycles. The van der Waals surface area contributed by atoms with Crippen LogP contribution in [0.25, 0.3) is 0 Å². The Morgan fingerprint density at radius 3 is 2.52 bits per heavy atom.